The summed E-state index contributed by atoms with van der Waals surface area (Å²) in [6, 6.07) is 6.94. The highest BCUT2D eigenvalue weighted by molar-refractivity contribution is 5.96. The molecule has 0 spiro atoms. The number of nitrogens with one attached hydrogen (secondary N) is 2. The summed E-state index contributed by atoms with van der Waals surface area (Å²) in [6.07, 6.45) is 2.13. The predicted molar refractivity (Wildman–Crippen MR) is 76.4 cm³/mol. The summed E-state index contributed by atoms with van der Waals surface area (Å²) < 4.78 is 0. The van der Waals surface area contributed by atoms with Crippen LogP contribution in [0.5, 0.6) is 0 Å². The van der Waals surface area contributed by atoms with Gasteiger partial charge < -0.3 is 16.0 Å². The topological polar surface area (TPSA) is 82.2 Å². The van der Waals surface area contributed by atoms with Gasteiger partial charge in [-0.05, 0) is 43.0 Å². The first-order valence-corrected chi connectivity index (χ1v) is 6.56. The second kappa shape index (κ2) is 5.73. The molecule has 0 bridgehead atoms. The number of likely N-dealkylation sites (tertiary alicyclic amines) is 1. The third-order valence-corrected chi connectivity index (χ3v) is 3.52. The van der Waals surface area contributed by atoms with E-state index in [-0.39, 0.29) is 11.9 Å². The van der Waals surface area contributed by atoms with Crippen LogP contribution in [0, 0.1) is 11.3 Å². The van der Waals surface area contributed by atoms with Crippen LogP contribution in [-0.2, 0) is 0 Å². The van der Waals surface area contributed by atoms with E-state index in [0.29, 0.717) is 11.5 Å². The molecule has 1 aliphatic heterocycles. The number of benzene rings is 1. The molecule has 0 atom stereocenters. The van der Waals surface area contributed by atoms with E-state index in [1.54, 1.807) is 24.3 Å². The van der Waals surface area contributed by atoms with Gasteiger partial charge in [-0.3, -0.25) is 5.41 Å². The van der Waals surface area contributed by atoms with Gasteiger partial charge in [-0.15, -0.1) is 0 Å². The maximum Gasteiger partial charge on any atom is 0.321 e. The summed E-state index contributed by atoms with van der Waals surface area (Å²) in [6.45, 7) is 3.85. The summed E-state index contributed by atoms with van der Waals surface area (Å²) in [5.74, 6) is 0.738. The first-order chi connectivity index (χ1) is 9.06. The van der Waals surface area contributed by atoms with Crippen LogP contribution in [-0.4, -0.2) is 29.9 Å². The Morgan fingerprint density at radius 2 is 1.89 bits per heavy atom. The number of urea groups is 1. The van der Waals surface area contributed by atoms with Gasteiger partial charge in [0.25, 0.3) is 0 Å². The lowest BCUT2D eigenvalue weighted by Gasteiger charge is -2.30. The highest BCUT2D eigenvalue weighted by Gasteiger charge is 2.20. The van der Waals surface area contributed by atoms with E-state index in [4.69, 9.17) is 11.1 Å². The Kier molecular flexibility index (Phi) is 4.04. The molecular formula is C14H20N4O. The van der Waals surface area contributed by atoms with E-state index >= 15 is 0 Å². The second-order valence-electron chi connectivity index (χ2n) is 5.09. The van der Waals surface area contributed by atoms with E-state index in [1.807, 2.05) is 4.90 Å². The molecule has 5 nitrogen and oxygen atoms in total. The molecule has 4 N–H and O–H groups in total. The molecule has 1 aliphatic rings. The lowest BCUT2D eigenvalue weighted by molar-refractivity contribution is 0.186. The van der Waals surface area contributed by atoms with Gasteiger partial charge in [0.1, 0.15) is 5.84 Å². The van der Waals surface area contributed by atoms with Crippen LogP contribution in [0.4, 0.5) is 10.5 Å². The van der Waals surface area contributed by atoms with Gasteiger partial charge in [-0.25, -0.2) is 4.79 Å². The monoisotopic (exact) mass is 260 g/mol. The number of hydrogen-bond donors (Lipinski definition) is 3. The highest BCUT2D eigenvalue weighted by Crippen LogP contribution is 2.17. The van der Waals surface area contributed by atoms with Crippen LogP contribution < -0.4 is 11.1 Å². The average molecular weight is 260 g/mol. The van der Waals surface area contributed by atoms with Crippen molar-refractivity contribution in [3.8, 4) is 0 Å². The summed E-state index contributed by atoms with van der Waals surface area (Å²) in [7, 11) is 0. The van der Waals surface area contributed by atoms with Crippen molar-refractivity contribution < 1.29 is 4.79 Å². The molecule has 1 aromatic carbocycles. The maximum absolute atomic E-state index is 12.0. The molecule has 0 aliphatic carbocycles. The summed E-state index contributed by atoms with van der Waals surface area (Å²) >= 11 is 0. The number of amides is 2. The molecule has 0 aromatic heterocycles. The van der Waals surface area contributed by atoms with Crippen LogP contribution in [0.3, 0.4) is 0 Å². The molecule has 0 radical (unpaired) electrons. The average Bonchev–Trinajstić information content (AvgIpc) is 2.40. The predicted octanol–water partition coefficient (Wildman–Crippen LogP) is 2.23. The lowest BCUT2D eigenvalue weighted by atomic mass is 10.00. The molecule has 1 saturated heterocycles. The quantitative estimate of drug-likeness (QED) is 0.563. The van der Waals surface area contributed by atoms with Crippen LogP contribution in [0.2, 0.25) is 0 Å². The first kappa shape index (κ1) is 13.4. The number of carbonyl (C=O) groups excluding carboxylic acids is 1. The van der Waals surface area contributed by atoms with Crippen molar-refractivity contribution in [2.75, 3.05) is 18.4 Å². The second-order valence-corrected chi connectivity index (χ2v) is 5.09. The van der Waals surface area contributed by atoms with Gasteiger partial charge in [0, 0.05) is 24.3 Å². The Labute approximate surface area is 113 Å². The minimum Gasteiger partial charge on any atom is -0.384 e. The molecule has 2 amide bonds. The number of carbonyl (C=O) groups is 1. The third kappa shape index (κ3) is 3.47. The van der Waals surface area contributed by atoms with Crippen molar-refractivity contribution in [1.29, 1.82) is 5.41 Å². The highest BCUT2D eigenvalue weighted by atomic mass is 16.2. The van der Waals surface area contributed by atoms with Gasteiger partial charge >= 0.3 is 6.03 Å². The van der Waals surface area contributed by atoms with Gasteiger partial charge in [-0.1, -0.05) is 6.92 Å². The number of nitrogen functional groups attached to an aromatic ring is 1. The van der Waals surface area contributed by atoms with Crippen molar-refractivity contribution >= 4 is 17.6 Å². The van der Waals surface area contributed by atoms with E-state index in [1.165, 1.54) is 0 Å². The molecular weight excluding hydrogens is 240 g/mol. The van der Waals surface area contributed by atoms with Crippen molar-refractivity contribution in [3.05, 3.63) is 29.8 Å². The van der Waals surface area contributed by atoms with Crippen molar-refractivity contribution in [2.45, 2.75) is 19.8 Å². The Morgan fingerprint density at radius 3 is 2.42 bits per heavy atom. The minimum atomic E-state index is -0.0533. The SMILES string of the molecule is CC1CCN(C(=O)Nc2ccc(C(=N)N)cc2)CC1. The lowest BCUT2D eigenvalue weighted by Crippen LogP contribution is -2.40. The Hall–Kier alpha value is -2.04. The zero-order chi connectivity index (χ0) is 13.8. The van der Waals surface area contributed by atoms with Gasteiger partial charge in [-0.2, -0.15) is 0 Å². The standard InChI is InChI=1S/C14H20N4O/c1-10-6-8-18(9-7-10)14(19)17-12-4-2-11(3-5-12)13(15)16/h2-5,10H,6-9H2,1H3,(H3,15,16)(H,17,19). The zero-order valence-electron chi connectivity index (χ0n) is 11.1. The maximum atomic E-state index is 12.0. The van der Waals surface area contributed by atoms with Crippen LogP contribution in [0.15, 0.2) is 24.3 Å². The Morgan fingerprint density at radius 1 is 1.32 bits per heavy atom. The molecule has 5 heteroatoms. The molecule has 102 valence electrons. The van der Waals surface area contributed by atoms with E-state index in [0.717, 1.165) is 31.6 Å². The number of anilines is 1. The Bertz CT molecular complexity index is 461. The fourth-order valence-corrected chi connectivity index (χ4v) is 2.15. The van der Waals surface area contributed by atoms with E-state index in [9.17, 15) is 4.79 Å². The number of rotatable bonds is 2. The third-order valence-electron chi connectivity index (χ3n) is 3.52. The number of nitrogens with zero attached hydrogens (tertiary/aromatic N) is 1. The van der Waals surface area contributed by atoms with Crippen LogP contribution in [0.25, 0.3) is 0 Å². The van der Waals surface area contributed by atoms with Gasteiger partial charge in [0.2, 0.25) is 0 Å². The van der Waals surface area contributed by atoms with E-state index < -0.39 is 0 Å². The number of piperidine rings is 1. The first-order valence-electron chi connectivity index (χ1n) is 6.56. The van der Waals surface area contributed by atoms with Gasteiger partial charge in [0.15, 0.2) is 0 Å². The molecule has 1 heterocycles. The Balaban J connectivity index is 1.93. The molecule has 0 unspecified atom stereocenters. The minimum absolute atomic E-state index is 0.0305. The van der Waals surface area contributed by atoms with E-state index in [2.05, 4.69) is 12.2 Å². The summed E-state index contributed by atoms with van der Waals surface area (Å²) in [5, 5.41) is 10.2. The fourth-order valence-electron chi connectivity index (χ4n) is 2.15. The fraction of sp³-hybridized carbons (Fsp3) is 0.429. The molecule has 1 fully saturated rings. The number of hydrogen-bond acceptors (Lipinski definition) is 2. The molecule has 2 rings (SSSR count). The smallest absolute Gasteiger partial charge is 0.321 e. The molecule has 1 aromatic rings. The van der Waals surface area contributed by atoms with Crippen LogP contribution in [0.1, 0.15) is 25.3 Å². The number of amidine groups is 1. The van der Waals surface area contributed by atoms with Crippen molar-refractivity contribution in [2.24, 2.45) is 11.7 Å². The van der Waals surface area contributed by atoms with Crippen LogP contribution >= 0.6 is 0 Å². The van der Waals surface area contributed by atoms with Crippen molar-refractivity contribution in [3.63, 3.8) is 0 Å². The molecule has 19 heavy (non-hydrogen) atoms. The van der Waals surface area contributed by atoms with Gasteiger partial charge in [0.05, 0.1) is 0 Å². The summed E-state index contributed by atoms with van der Waals surface area (Å²) in [4.78, 5) is 13.9. The summed E-state index contributed by atoms with van der Waals surface area (Å²) in [5.41, 5.74) is 6.77. The normalized spacial score (nSPS) is 16.2. The number of nitrogens with two attached hydrogens (primary N) is 1. The molecule has 0 saturated carbocycles. The zero-order valence-corrected chi connectivity index (χ0v) is 11.1. The largest absolute Gasteiger partial charge is 0.384 e. The van der Waals surface area contributed by atoms with Crippen molar-refractivity contribution in [1.82, 2.24) is 4.90 Å².